The first-order chi connectivity index (χ1) is 8.56. The second-order valence-electron chi connectivity index (χ2n) is 4.33. The average molecular weight is 245 g/mol. The van der Waals surface area contributed by atoms with E-state index in [-0.39, 0.29) is 6.03 Å². The van der Waals surface area contributed by atoms with Crippen molar-refractivity contribution in [2.45, 2.75) is 13.3 Å². The van der Waals surface area contributed by atoms with Gasteiger partial charge in [-0.05, 0) is 17.7 Å². The molecule has 0 aliphatic carbocycles. The van der Waals surface area contributed by atoms with E-state index in [0.717, 1.165) is 10.4 Å². The van der Waals surface area contributed by atoms with Gasteiger partial charge >= 0.3 is 6.03 Å². The van der Waals surface area contributed by atoms with Crippen molar-refractivity contribution in [2.75, 3.05) is 14.1 Å². The number of carbonyl (C=O) groups excluding carboxylic acids is 1. The van der Waals surface area contributed by atoms with Crippen molar-refractivity contribution >= 4 is 6.03 Å². The summed E-state index contributed by atoms with van der Waals surface area (Å²) in [5.41, 5.74) is 2.30. The molecule has 6 heteroatoms. The van der Waals surface area contributed by atoms with Crippen LogP contribution in [0.5, 0.6) is 0 Å². The Hall–Kier alpha value is -2.24. The van der Waals surface area contributed by atoms with Crippen LogP contribution in [-0.4, -0.2) is 45.2 Å². The van der Waals surface area contributed by atoms with Gasteiger partial charge in [0, 0.05) is 20.5 Å². The molecule has 1 amide bonds. The van der Waals surface area contributed by atoms with Gasteiger partial charge in [-0.2, -0.15) is 0 Å². The molecule has 2 aromatic rings. The third-order valence-electron chi connectivity index (χ3n) is 2.49. The minimum Gasteiger partial charge on any atom is -0.328 e. The van der Waals surface area contributed by atoms with Crippen molar-refractivity contribution in [3.63, 3.8) is 0 Å². The van der Waals surface area contributed by atoms with Gasteiger partial charge in [0.25, 0.3) is 0 Å². The Morgan fingerprint density at radius 3 is 2.56 bits per heavy atom. The largest absolute Gasteiger partial charge is 0.362 e. The summed E-state index contributed by atoms with van der Waals surface area (Å²) in [6.45, 7) is 2.04. The lowest BCUT2D eigenvalue weighted by Crippen LogP contribution is -2.29. The maximum atomic E-state index is 11.6. The zero-order chi connectivity index (χ0) is 13.1. The molecule has 18 heavy (non-hydrogen) atoms. The molecule has 0 aliphatic rings. The topological polar surface area (TPSA) is 63.9 Å². The zero-order valence-corrected chi connectivity index (χ0v) is 10.7. The minimum absolute atomic E-state index is 0.308. The summed E-state index contributed by atoms with van der Waals surface area (Å²) >= 11 is 0. The first kappa shape index (κ1) is 12.2. The van der Waals surface area contributed by atoms with E-state index in [2.05, 4.69) is 15.4 Å². The molecular formula is C12H15N5O. The van der Waals surface area contributed by atoms with Gasteiger partial charge in [0.15, 0.2) is 5.82 Å². The van der Waals surface area contributed by atoms with E-state index in [9.17, 15) is 4.79 Å². The van der Waals surface area contributed by atoms with E-state index >= 15 is 0 Å². The summed E-state index contributed by atoms with van der Waals surface area (Å²) in [7, 11) is 3.29. The van der Waals surface area contributed by atoms with Crippen LogP contribution in [0, 0.1) is 6.92 Å². The van der Waals surface area contributed by atoms with Gasteiger partial charge in [-0.1, -0.05) is 34.6 Å². The number of benzene rings is 1. The van der Waals surface area contributed by atoms with Crippen molar-refractivity contribution in [2.24, 2.45) is 0 Å². The molecule has 0 atom stereocenters. The molecule has 0 N–H and O–H groups in total. The van der Waals surface area contributed by atoms with E-state index < -0.39 is 0 Å². The molecule has 0 aliphatic heterocycles. The Labute approximate surface area is 105 Å². The summed E-state index contributed by atoms with van der Waals surface area (Å²) in [5.74, 6) is 0.536. The number of carbonyl (C=O) groups is 1. The van der Waals surface area contributed by atoms with Gasteiger partial charge < -0.3 is 4.90 Å². The lowest BCUT2D eigenvalue weighted by molar-refractivity contribution is 0.211. The van der Waals surface area contributed by atoms with E-state index in [1.165, 1.54) is 10.5 Å². The van der Waals surface area contributed by atoms with E-state index in [1.54, 1.807) is 14.1 Å². The number of aryl methyl sites for hydroxylation is 1. The van der Waals surface area contributed by atoms with Crippen molar-refractivity contribution in [3.05, 3.63) is 41.2 Å². The molecule has 94 valence electrons. The highest BCUT2D eigenvalue weighted by molar-refractivity contribution is 5.73. The first-order valence-electron chi connectivity index (χ1n) is 5.62. The predicted octanol–water partition coefficient (Wildman–Crippen LogP) is 1.10. The van der Waals surface area contributed by atoms with E-state index in [1.807, 2.05) is 31.2 Å². The Bertz CT molecular complexity index is 544. The van der Waals surface area contributed by atoms with Crippen molar-refractivity contribution in [3.8, 4) is 0 Å². The number of amides is 1. The highest BCUT2D eigenvalue weighted by Gasteiger charge is 2.12. The number of rotatable bonds is 2. The Morgan fingerprint density at radius 1 is 1.28 bits per heavy atom. The van der Waals surface area contributed by atoms with Crippen LogP contribution in [0.25, 0.3) is 0 Å². The van der Waals surface area contributed by atoms with Gasteiger partial charge in [0.05, 0.1) is 0 Å². The lowest BCUT2D eigenvalue weighted by Gasteiger charge is -2.06. The van der Waals surface area contributed by atoms with Gasteiger partial charge in [-0.15, -0.1) is 10.2 Å². The molecule has 0 radical (unpaired) electrons. The van der Waals surface area contributed by atoms with Crippen molar-refractivity contribution in [1.29, 1.82) is 0 Å². The van der Waals surface area contributed by atoms with Crippen LogP contribution in [0.1, 0.15) is 17.0 Å². The second-order valence-corrected chi connectivity index (χ2v) is 4.33. The average Bonchev–Trinajstić information content (AvgIpc) is 2.79. The second kappa shape index (κ2) is 4.95. The van der Waals surface area contributed by atoms with Crippen molar-refractivity contribution in [1.82, 2.24) is 25.1 Å². The number of hydrogen-bond acceptors (Lipinski definition) is 4. The lowest BCUT2D eigenvalue weighted by atomic mass is 10.1. The number of tetrazole rings is 1. The maximum Gasteiger partial charge on any atom is 0.362 e. The molecule has 0 fully saturated rings. The quantitative estimate of drug-likeness (QED) is 0.794. The van der Waals surface area contributed by atoms with Gasteiger partial charge in [-0.25, -0.2) is 4.79 Å². The molecule has 0 bridgehead atoms. The third kappa shape index (κ3) is 2.71. The first-order valence-corrected chi connectivity index (χ1v) is 5.62. The summed E-state index contributed by atoms with van der Waals surface area (Å²) in [4.78, 5) is 14.0. The summed E-state index contributed by atoms with van der Waals surface area (Å²) in [6, 6.07) is 7.79. The predicted molar refractivity (Wildman–Crippen MR) is 66.3 cm³/mol. The number of aromatic nitrogens is 4. The standard InChI is InChI=1S/C12H15N5O/c1-9-4-6-10(7-5-9)8-11-13-15-17(14-11)12(18)16(2)3/h4-7H,8H2,1-3H3. The molecule has 0 saturated carbocycles. The van der Waals surface area contributed by atoms with Crippen LogP contribution in [0.3, 0.4) is 0 Å². The molecule has 2 rings (SSSR count). The normalized spacial score (nSPS) is 10.4. The molecule has 0 unspecified atom stereocenters. The highest BCUT2D eigenvalue weighted by atomic mass is 16.2. The monoisotopic (exact) mass is 245 g/mol. The Balaban J connectivity index is 2.11. The van der Waals surface area contributed by atoms with Crippen LogP contribution in [0.2, 0.25) is 0 Å². The smallest absolute Gasteiger partial charge is 0.328 e. The van der Waals surface area contributed by atoms with Crippen molar-refractivity contribution < 1.29 is 4.79 Å². The number of nitrogens with zero attached hydrogens (tertiary/aromatic N) is 5. The molecule has 6 nitrogen and oxygen atoms in total. The molecule has 0 saturated heterocycles. The van der Waals surface area contributed by atoms with Gasteiger partial charge in [-0.3, -0.25) is 0 Å². The summed E-state index contributed by atoms with van der Waals surface area (Å²) in [5, 5.41) is 11.7. The SMILES string of the molecule is Cc1ccc(Cc2nnn(C(=O)N(C)C)n2)cc1. The summed E-state index contributed by atoms with van der Waals surface area (Å²) in [6.07, 6.45) is 0.570. The molecule has 1 aromatic heterocycles. The van der Waals surface area contributed by atoms with Gasteiger partial charge in [0.2, 0.25) is 0 Å². The Morgan fingerprint density at radius 2 is 1.94 bits per heavy atom. The Kier molecular flexibility index (Phi) is 3.36. The molecule has 1 aromatic carbocycles. The fourth-order valence-electron chi connectivity index (χ4n) is 1.46. The van der Waals surface area contributed by atoms with Crippen LogP contribution >= 0.6 is 0 Å². The van der Waals surface area contributed by atoms with E-state index in [0.29, 0.717) is 12.2 Å². The van der Waals surface area contributed by atoms with Crippen LogP contribution in [0.15, 0.2) is 24.3 Å². The summed E-state index contributed by atoms with van der Waals surface area (Å²) < 4.78 is 0. The molecular weight excluding hydrogens is 230 g/mol. The van der Waals surface area contributed by atoms with Crippen LogP contribution in [-0.2, 0) is 6.42 Å². The van der Waals surface area contributed by atoms with E-state index in [4.69, 9.17) is 0 Å². The number of hydrogen-bond donors (Lipinski definition) is 0. The fraction of sp³-hybridized carbons (Fsp3) is 0.333. The highest BCUT2D eigenvalue weighted by Crippen LogP contribution is 2.06. The zero-order valence-electron chi connectivity index (χ0n) is 10.7. The van der Waals surface area contributed by atoms with Crippen LogP contribution < -0.4 is 0 Å². The maximum absolute atomic E-state index is 11.6. The third-order valence-corrected chi connectivity index (χ3v) is 2.49. The minimum atomic E-state index is -0.308. The fourth-order valence-corrected chi connectivity index (χ4v) is 1.46. The van der Waals surface area contributed by atoms with Gasteiger partial charge in [0.1, 0.15) is 0 Å². The van der Waals surface area contributed by atoms with Crippen LogP contribution in [0.4, 0.5) is 4.79 Å². The molecule has 0 spiro atoms. The molecule has 1 heterocycles.